The fraction of sp³-hybridized carbons (Fsp3) is 0.115. The molecular weight excluding hydrogens is 475 g/mol. The van der Waals surface area contributed by atoms with E-state index in [0.717, 1.165) is 0 Å². The van der Waals surface area contributed by atoms with Gasteiger partial charge in [-0.25, -0.2) is 14.2 Å². The van der Waals surface area contributed by atoms with Gasteiger partial charge in [-0.3, -0.25) is 4.79 Å². The van der Waals surface area contributed by atoms with Crippen molar-refractivity contribution in [3.63, 3.8) is 0 Å². The Morgan fingerprint density at radius 1 is 1.17 bits per heavy atom. The van der Waals surface area contributed by atoms with E-state index in [1.807, 2.05) is 0 Å². The zero-order valence-electron chi connectivity index (χ0n) is 18.8. The van der Waals surface area contributed by atoms with Crippen LogP contribution in [0.1, 0.15) is 23.6 Å². The highest BCUT2D eigenvalue weighted by atomic mass is 35.5. The Morgan fingerprint density at radius 2 is 1.91 bits per heavy atom. The molecule has 0 radical (unpaired) electrons. The van der Waals surface area contributed by atoms with E-state index in [1.165, 1.54) is 26.2 Å². The maximum Gasteiger partial charge on any atom is 0.363 e. The predicted molar refractivity (Wildman–Crippen MR) is 130 cm³/mol. The molecule has 0 spiro atoms. The first-order valence-corrected chi connectivity index (χ1v) is 10.9. The number of methoxy groups -OCH3 is 1. The van der Waals surface area contributed by atoms with Gasteiger partial charge in [-0.1, -0.05) is 29.8 Å². The zero-order valence-corrected chi connectivity index (χ0v) is 19.6. The van der Waals surface area contributed by atoms with Crippen LogP contribution in [0.25, 0.3) is 6.08 Å². The van der Waals surface area contributed by atoms with Crippen LogP contribution in [0.2, 0.25) is 5.02 Å². The van der Waals surface area contributed by atoms with Crippen molar-refractivity contribution in [3.8, 4) is 11.5 Å². The van der Waals surface area contributed by atoms with Gasteiger partial charge in [0.25, 0.3) is 0 Å². The maximum absolute atomic E-state index is 13.9. The lowest BCUT2D eigenvalue weighted by molar-refractivity contribution is -0.129. The summed E-state index contributed by atoms with van der Waals surface area (Å²) < 4.78 is 30.3. The lowest BCUT2D eigenvalue weighted by Crippen LogP contribution is -2.07. The number of ether oxygens (including phenoxy) is 3. The second-order valence-corrected chi connectivity index (χ2v) is 7.92. The number of nitrogens with one attached hydrogen (secondary N) is 1. The summed E-state index contributed by atoms with van der Waals surface area (Å²) in [5.41, 5.74) is 2.16. The van der Waals surface area contributed by atoms with Crippen molar-refractivity contribution < 1.29 is 28.2 Å². The number of rotatable bonds is 7. The van der Waals surface area contributed by atoms with Crippen LogP contribution in [0, 0.1) is 5.82 Å². The fourth-order valence-electron chi connectivity index (χ4n) is 3.32. The summed E-state index contributed by atoms with van der Waals surface area (Å²) in [6.07, 6.45) is 1.51. The first-order valence-electron chi connectivity index (χ1n) is 10.5. The molecule has 0 unspecified atom stereocenters. The maximum atomic E-state index is 13.9. The number of aliphatic imine (C=N–C) groups is 1. The molecule has 1 N–H and O–H groups in total. The number of amides is 1. The van der Waals surface area contributed by atoms with Crippen LogP contribution < -0.4 is 14.8 Å². The van der Waals surface area contributed by atoms with Gasteiger partial charge < -0.3 is 19.5 Å². The summed E-state index contributed by atoms with van der Waals surface area (Å²) in [4.78, 5) is 27.8. The van der Waals surface area contributed by atoms with Crippen molar-refractivity contribution >= 4 is 41.1 Å². The van der Waals surface area contributed by atoms with Gasteiger partial charge in [0.05, 0.1) is 12.1 Å². The second-order valence-electron chi connectivity index (χ2n) is 7.51. The lowest BCUT2D eigenvalue weighted by Gasteiger charge is -2.13. The molecule has 35 heavy (non-hydrogen) atoms. The number of hydrogen-bond acceptors (Lipinski definition) is 6. The van der Waals surface area contributed by atoms with Crippen LogP contribution in [-0.2, 0) is 20.9 Å². The van der Waals surface area contributed by atoms with Gasteiger partial charge in [0.15, 0.2) is 17.2 Å². The van der Waals surface area contributed by atoms with Crippen LogP contribution in [0.4, 0.5) is 10.1 Å². The number of benzene rings is 3. The van der Waals surface area contributed by atoms with Gasteiger partial charge in [-0.2, -0.15) is 0 Å². The van der Waals surface area contributed by atoms with Crippen molar-refractivity contribution in [3.05, 3.63) is 93.9 Å². The summed E-state index contributed by atoms with van der Waals surface area (Å²) in [6, 6.07) is 16.2. The van der Waals surface area contributed by atoms with Crippen LogP contribution in [0.5, 0.6) is 11.5 Å². The highest BCUT2D eigenvalue weighted by Gasteiger charge is 2.24. The second kappa shape index (κ2) is 10.4. The van der Waals surface area contributed by atoms with E-state index < -0.39 is 5.97 Å². The highest BCUT2D eigenvalue weighted by molar-refractivity contribution is 6.32. The van der Waals surface area contributed by atoms with Crippen molar-refractivity contribution in [1.29, 1.82) is 0 Å². The predicted octanol–water partition coefficient (Wildman–Crippen LogP) is 5.37. The molecule has 1 aliphatic heterocycles. The average molecular weight is 495 g/mol. The molecule has 0 fully saturated rings. The Morgan fingerprint density at radius 3 is 2.60 bits per heavy atom. The Labute approximate surface area is 205 Å². The van der Waals surface area contributed by atoms with Crippen molar-refractivity contribution in [2.75, 3.05) is 12.4 Å². The summed E-state index contributed by atoms with van der Waals surface area (Å²) >= 11 is 6.41. The van der Waals surface area contributed by atoms with Gasteiger partial charge in [0.1, 0.15) is 12.4 Å². The van der Waals surface area contributed by atoms with Crippen molar-refractivity contribution in [2.24, 2.45) is 4.99 Å². The molecular formula is C26H20ClFN2O5. The van der Waals surface area contributed by atoms with E-state index in [1.54, 1.807) is 54.6 Å². The minimum absolute atomic E-state index is 0.0378. The summed E-state index contributed by atoms with van der Waals surface area (Å²) in [6.45, 7) is 1.38. The summed E-state index contributed by atoms with van der Waals surface area (Å²) in [5.74, 6) is -0.506. The molecule has 1 heterocycles. The van der Waals surface area contributed by atoms with Crippen LogP contribution in [0.15, 0.2) is 71.4 Å². The van der Waals surface area contributed by atoms with Crippen LogP contribution in [-0.4, -0.2) is 24.9 Å². The number of nitrogens with zero attached hydrogens (tertiary/aromatic N) is 1. The topological polar surface area (TPSA) is 86.2 Å². The molecule has 9 heteroatoms. The molecule has 1 aliphatic rings. The number of carbonyl (C=O) groups excluding carboxylic acids is 2. The molecule has 7 nitrogen and oxygen atoms in total. The number of anilines is 1. The van der Waals surface area contributed by atoms with Crippen molar-refractivity contribution in [1.82, 2.24) is 0 Å². The summed E-state index contributed by atoms with van der Waals surface area (Å²) in [5, 5.41) is 2.88. The van der Waals surface area contributed by atoms with Gasteiger partial charge in [0, 0.05) is 23.7 Å². The first kappa shape index (κ1) is 24.0. The minimum atomic E-state index is -0.624. The number of carbonyl (C=O) groups is 2. The van der Waals surface area contributed by atoms with E-state index in [9.17, 15) is 14.0 Å². The molecule has 0 aliphatic carbocycles. The van der Waals surface area contributed by atoms with Crippen LogP contribution in [0.3, 0.4) is 0 Å². The molecule has 3 aromatic carbocycles. The number of esters is 1. The Hall–Kier alpha value is -4.17. The van der Waals surface area contributed by atoms with Gasteiger partial charge in [-0.15, -0.1) is 0 Å². The fourth-order valence-corrected chi connectivity index (χ4v) is 3.59. The molecule has 1 amide bonds. The molecule has 0 saturated heterocycles. The van der Waals surface area contributed by atoms with E-state index in [0.29, 0.717) is 28.1 Å². The smallest absolute Gasteiger partial charge is 0.363 e. The molecule has 0 bridgehead atoms. The largest absolute Gasteiger partial charge is 0.493 e. The molecule has 0 aromatic heterocycles. The third-order valence-electron chi connectivity index (χ3n) is 4.96. The van der Waals surface area contributed by atoms with Gasteiger partial charge in [-0.05, 0) is 54.1 Å². The van der Waals surface area contributed by atoms with Crippen LogP contribution >= 0.6 is 11.6 Å². The molecule has 0 atom stereocenters. The Balaban J connectivity index is 1.56. The van der Waals surface area contributed by atoms with Gasteiger partial charge in [0.2, 0.25) is 11.8 Å². The molecule has 178 valence electrons. The number of hydrogen-bond donors (Lipinski definition) is 1. The van der Waals surface area contributed by atoms with E-state index in [4.69, 9.17) is 25.8 Å². The monoisotopic (exact) mass is 494 g/mol. The Kier molecular flexibility index (Phi) is 7.12. The minimum Gasteiger partial charge on any atom is -0.493 e. The van der Waals surface area contributed by atoms with E-state index >= 15 is 0 Å². The van der Waals surface area contributed by atoms with E-state index in [2.05, 4.69) is 10.3 Å². The van der Waals surface area contributed by atoms with Gasteiger partial charge >= 0.3 is 5.97 Å². The number of halogens is 2. The highest BCUT2D eigenvalue weighted by Crippen LogP contribution is 2.38. The van der Waals surface area contributed by atoms with E-state index in [-0.39, 0.29) is 40.7 Å². The lowest BCUT2D eigenvalue weighted by atomic mass is 10.1. The third kappa shape index (κ3) is 5.67. The standard InChI is InChI=1S/C26H20ClFN2O5/c1-15(31)29-19-9-7-17(8-10-19)25-30-22(26(32)35-25)12-16-11-20(27)24(23(13-16)33-2)34-14-18-5-3-4-6-21(18)28/h3-13H,14H2,1-2H3,(H,29,31)/b22-12-. The third-order valence-corrected chi connectivity index (χ3v) is 5.24. The van der Waals surface area contributed by atoms with Crippen molar-refractivity contribution in [2.45, 2.75) is 13.5 Å². The normalized spacial score (nSPS) is 13.9. The number of cyclic esters (lactones) is 1. The molecule has 4 rings (SSSR count). The molecule has 3 aromatic rings. The zero-order chi connectivity index (χ0) is 24.9. The average Bonchev–Trinajstić information content (AvgIpc) is 3.19. The quantitative estimate of drug-likeness (QED) is 0.352. The summed E-state index contributed by atoms with van der Waals surface area (Å²) in [7, 11) is 1.45. The SMILES string of the molecule is COc1cc(/C=C2\N=C(c3ccc(NC(C)=O)cc3)OC2=O)cc(Cl)c1OCc1ccccc1F. The Bertz CT molecular complexity index is 1350. The first-order chi connectivity index (χ1) is 16.8. The molecule has 0 saturated carbocycles.